The van der Waals surface area contributed by atoms with Crippen LogP contribution in [0.3, 0.4) is 0 Å². The predicted octanol–water partition coefficient (Wildman–Crippen LogP) is 0.127. The van der Waals surface area contributed by atoms with E-state index in [1.165, 1.54) is 6.42 Å². The summed E-state index contributed by atoms with van der Waals surface area (Å²) >= 11 is 3.91. The van der Waals surface area contributed by atoms with E-state index < -0.39 is 0 Å². The molecule has 0 radical (unpaired) electrons. The van der Waals surface area contributed by atoms with Crippen LogP contribution in [0, 0.1) is 0 Å². The lowest BCUT2D eigenvalue weighted by atomic mass is 10.1. The molecule has 0 aromatic rings. The van der Waals surface area contributed by atoms with Crippen LogP contribution in [-0.4, -0.2) is 42.7 Å². The van der Waals surface area contributed by atoms with Gasteiger partial charge in [-0.15, -0.1) is 0 Å². The van der Waals surface area contributed by atoms with Crippen molar-refractivity contribution in [2.45, 2.75) is 18.9 Å². The molecular weight excluding hydrogens is 172 g/mol. The highest BCUT2D eigenvalue weighted by atomic mass is 32.1. The highest BCUT2D eigenvalue weighted by Gasteiger charge is 2.17. The summed E-state index contributed by atoms with van der Waals surface area (Å²) in [5.41, 5.74) is 0. The Labute approximate surface area is 78.9 Å². The molecule has 0 saturated carbocycles. The van der Waals surface area contributed by atoms with E-state index in [2.05, 4.69) is 29.9 Å². The number of likely N-dealkylation sites (N-methyl/N-ethyl adjacent to an activating group) is 1. The molecular formula is C8H16N2OS. The van der Waals surface area contributed by atoms with Crippen LogP contribution >= 0.6 is 12.6 Å². The van der Waals surface area contributed by atoms with Crippen LogP contribution in [0.2, 0.25) is 0 Å². The molecule has 12 heavy (non-hydrogen) atoms. The van der Waals surface area contributed by atoms with Crippen molar-refractivity contribution in [2.24, 2.45) is 0 Å². The molecule has 0 aromatic heterocycles. The number of carbonyl (C=O) groups excluding carboxylic acids is 1. The standard InChI is InChI=1S/C8H16N2OS/c1-10-4-2-3-7(5-10)9-8(11)6-12/h7,12H,2-6H2,1H3,(H,9,11). The van der Waals surface area contributed by atoms with E-state index in [-0.39, 0.29) is 5.91 Å². The van der Waals surface area contributed by atoms with Gasteiger partial charge in [-0.1, -0.05) is 0 Å². The number of rotatable bonds is 2. The summed E-state index contributed by atoms with van der Waals surface area (Å²) < 4.78 is 0. The second-order valence-electron chi connectivity index (χ2n) is 3.33. The fraction of sp³-hybridized carbons (Fsp3) is 0.875. The number of carbonyl (C=O) groups is 1. The molecule has 4 heteroatoms. The smallest absolute Gasteiger partial charge is 0.229 e. The first-order chi connectivity index (χ1) is 5.72. The largest absolute Gasteiger partial charge is 0.351 e. The zero-order valence-electron chi connectivity index (χ0n) is 7.42. The average Bonchev–Trinajstić information content (AvgIpc) is 2.04. The maximum Gasteiger partial charge on any atom is 0.229 e. The minimum Gasteiger partial charge on any atom is -0.351 e. The summed E-state index contributed by atoms with van der Waals surface area (Å²) in [6.07, 6.45) is 2.28. The summed E-state index contributed by atoms with van der Waals surface area (Å²) in [4.78, 5) is 13.2. The van der Waals surface area contributed by atoms with Gasteiger partial charge in [-0.25, -0.2) is 0 Å². The summed E-state index contributed by atoms with van der Waals surface area (Å²) in [5, 5.41) is 2.94. The van der Waals surface area contributed by atoms with Gasteiger partial charge in [0, 0.05) is 12.6 Å². The lowest BCUT2D eigenvalue weighted by Gasteiger charge is -2.29. The molecule has 70 valence electrons. The Bertz CT molecular complexity index is 163. The van der Waals surface area contributed by atoms with Gasteiger partial charge in [-0.3, -0.25) is 4.79 Å². The normalized spacial score (nSPS) is 25.3. The van der Waals surface area contributed by atoms with Gasteiger partial charge in [-0.2, -0.15) is 12.6 Å². The van der Waals surface area contributed by atoms with Crippen molar-refractivity contribution in [3.8, 4) is 0 Å². The number of thiol groups is 1. The van der Waals surface area contributed by atoms with E-state index in [1.54, 1.807) is 0 Å². The number of hydrogen-bond donors (Lipinski definition) is 2. The van der Waals surface area contributed by atoms with Gasteiger partial charge < -0.3 is 10.2 Å². The number of likely N-dealkylation sites (tertiary alicyclic amines) is 1. The quantitative estimate of drug-likeness (QED) is 0.604. The third-order valence-corrected chi connectivity index (χ3v) is 2.42. The van der Waals surface area contributed by atoms with Crippen molar-refractivity contribution >= 4 is 18.5 Å². The highest BCUT2D eigenvalue weighted by Crippen LogP contribution is 2.07. The fourth-order valence-corrected chi connectivity index (χ4v) is 1.65. The molecule has 0 aliphatic carbocycles. The van der Waals surface area contributed by atoms with Crippen LogP contribution in [0.25, 0.3) is 0 Å². The molecule has 3 nitrogen and oxygen atoms in total. The van der Waals surface area contributed by atoms with E-state index in [9.17, 15) is 4.79 Å². The maximum absolute atomic E-state index is 11.0. The first-order valence-electron chi connectivity index (χ1n) is 4.31. The molecule has 1 rings (SSSR count). The number of amides is 1. The molecule has 1 saturated heterocycles. The molecule has 1 aliphatic rings. The lowest BCUT2D eigenvalue weighted by Crippen LogP contribution is -2.46. The van der Waals surface area contributed by atoms with Gasteiger partial charge in [0.05, 0.1) is 5.75 Å². The summed E-state index contributed by atoms with van der Waals surface area (Å²) in [6, 6.07) is 0.336. The second kappa shape index (κ2) is 4.72. The van der Waals surface area contributed by atoms with E-state index in [0.29, 0.717) is 11.8 Å². The fourth-order valence-electron chi connectivity index (χ4n) is 1.56. The summed E-state index contributed by atoms with van der Waals surface area (Å²) in [7, 11) is 2.08. The van der Waals surface area contributed by atoms with Gasteiger partial charge >= 0.3 is 0 Å². The van der Waals surface area contributed by atoms with Crippen LogP contribution < -0.4 is 5.32 Å². The Morgan fingerprint density at radius 1 is 1.75 bits per heavy atom. The number of nitrogens with one attached hydrogen (secondary N) is 1. The van der Waals surface area contributed by atoms with Crippen LogP contribution in [-0.2, 0) is 4.79 Å². The summed E-state index contributed by atoms with van der Waals surface area (Å²) in [6.45, 7) is 2.12. The molecule has 0 bridgehead atoms. The van der Waals surface area contributed by atoms with E-state index in [1.807, 2.05) is 0 Å². The lowest BCUT2D eigenvalue weighted by molar-refractivity contribution is -0.119. The zero-order chi connectivity index (χ0) is 8.97. The Balaban J connectivity index is 2.27. The molecule has 1 unspecified atom stereocenters. The van der Waals surface area contributed by atoms with Gasteiger partial charge in [-0.05, 0) is 26.4 Å². The SMILES string of the molecule is CN1CCCC(NC(=O)CS)C1. The number of piperidine rings is 1. The third-order valence-electron chi connectivity index (χ3n) is 2.13. The first-order valence-corrected chi connectivity index (χ1v) is 4.94. The Morgan fingerprint density at radius 2 is 2.50 bits per heavy atom. The summed E-state index contributed by atoms with van der Waals surface area (Å²) in [5.74, 6) is 0.332. The molecule has 1 atom stereocenters. The van der Waals surface area contributed by atoms with Gasteiger partial charge in [0.25, 0.3) is 0 Å². The molecule has 1 heterocycles. The van der Waals surface area contributed by atoms with Gasteiger partial charge in [0.1, 0.15) is 0 Å². The molecule has 1 amide bonds. The number of nitrogens with zero attached hydrogens (tertiary/aromatic N) is 1. The predicted molar refractivity (Wildman–Crippen MR) is 52.5 cm³/mol. The van der Waals surface area contributed by atoms with E-state index in [4.69, 9.17) is 0 Å². The van der Waals surface area contributed by atoms with Crippen molar-refractivity contribution in [3.63, 3.8) is 0 Å². The molecule has 1 aliphatic heterocycles. The van der Waals surface area contributed by atoms with Gasteiger partial charge in [0.2, 0.25) is 5.91 Å². The Hall–Kier alpha value is -0.220. The Kier molecular flexibility index (Phi) is 3.88. The van der Waals surface area contributed by atoms with Crippen LogP contribution in [0.5, 0.6) is 0 Å². The maximum atomic E-state index is 11.0. The van der Waals surface area contributed by atoms with Crippen molar-refractivity contribution in [2.75, 3.05) is 25.9 Å². The topological polar surface area (TPSA) is 32.3 Å². The van der Waals surface area contributed by atoms with Crippen molar-refractivity contribution in [1.29, 1.82) is 0 Å². The minimum atomic E-state index is 0.0404. The van der Waals surface area contributed by atoms with Crippen LogP contribution in [0.1, 0.15) is 12.8 Å². The number of hydrogen-bond acceptors (Lipinski definition) is 3. The highest BCUT2D eigenvalue weighted by molar-refractivity contribution is 7.81. The van der Waals surface area contributed by atoms with Crippen LogP contribution in [0.4, 0.5) is 0 Å². The minimum absolute atomic E-state index is 0.0404. The van der Waals surface area contributed by atoms with Crippen molar-refractivity contribution in [3.05, 3.63) is 0 Å². The average molecular weight is 188 g/mol. The van der Waals surface area contributed by atoms with Crippen molar-refractivity contribution in [1.82, 2.24) is 10.2 Å². The second-order valence-corrected chi connectivity index (χ2v) is 3.64. The first kappa shape index (κ1) is 9.86. The van der Waals surface area contributed by atoms with Crippen LogP contribution in [0.15, 0.2) is 0 Å². The third kappa shape index (κ3) is 3.03. The molecule has 1 fully saturated rings. The van der Waals surface area contributed by atoms with Crippen molar-refractivity contribution < 1.29 is 4.79 Å². The molecule has 0 spiro atoms. The van der Waals surface area contributed by atoms with E-state index in [0.717, 1.165) is 19.5 Å². The molecule has 1 N–H and O–H groups in total. The molecule has 0 aromatic carbocycles. The zero-order valence-corrected chi connectivity index (χ0v) is 8.31. The Morgan fingerprint density at radius 3 is 3.08 bits per heavy atom. The monoisotopic (exact) mass is 188 g/mol. The van der Waals surface area contributed by atoms with Gasteiger partial charge in [0.15, 0.2) is 0 Å². The van der Waals surface area contributed by atoms with E-state index >= 15 is 0 Å².